The molecule has 1 fully saturated rings. The minimum absolute atomic E-state index is 0.472. The fourth-order valence-electron chi connectivity index (χ4n) is 1.76. The van der Waals surface area contributed by atoms with Crippen LogP contribution in [0.4, 0.5) is 0 Å². The third-order valence-electron chi connectivity index (χ3n) is 2.52. The van der Waals surface area contributed by atoms with Crippen LogP contribution in [0.1, 0.15) is 33.1 Å². The van der Waals surface area contributed by atoms with Gasteiger partial charge in [-0.05, 0) is 30.6 Å². The third kappa shape index (κ3) is 1.35. The molecular weight excluding hydrogens is 108 g/mol. The second-order valence-electron chi connectivity index (χ2n) is 3.71. The SMILES string of the molecule is C=CC1(C)CCC(C)C1. The molecule has 1 aliphatic carbocycles. The summed E-state index contributed by atoms with van der Waals surface area (Å²) in [5, 5.41) is 0. The van der Waals surface area contributed by atoms with E-state index in [0.717, 1.165) is 5.92 Å². The predicted molar refractivity (Wildman–Crippen MR) is 41.3 cm³/mol. The molecule has 0 spiro atoms. The summed E-state index contributed by atoms with van der Waals surface area (Å²) in [4.78, 5) is 0. The molecule has 0 amide bonds. The van der Waals surface area contributed by atoms with Crippen LogP contribution in [-0.2, 0) is 0 Å². The number of hydrogen-bond acceptors (Lipinski definition) is 0. The number of allylic oxidation sites excluding steroid dienone is 1. The minimum Gasteiger partial charge on any atom is -0.103 e. The van der Waals surface area contributed by atoms with Crippen LogP contribution in [0.2, 0.25) is 0 Å². The predicted octanol–water partition coefficient (Wildman–Crippen LogP) is 3.00. The van der Waals surface area contributed by atoms with Gasteiger partial charge in [0.15, 0.2) is 0 Å². The summed E-state index contributed by atoms with van der Waals surface area (Å²) in [5.74, 6) is 0.924. The molecule has 0 aliphatic heterocycles. The van der Waals surface area contributed by atoms with Gasteiger partial charge in [-0.1, -0.05) is 19.9 Å². The van der Waals surface area contributed by atoms with E-state index in [4.69, 9.17) is 0 Å². The summed E-state index contributed by atoms with van der Waals surface area (Å²) in [7, 11) is 0. The van der Waals surface area contributed by atoms with Gasteiger partial charge in [0.25, 0.3) is 0 Å². The van der Waals surface area contributed by atoms with Gasteiger partial charge in [-0.25, -0.2) is 0 Å². The highest BCUT2D eigenvalue weighted by Crippen LogP contribution is 2.41. The smallest absolute Gasteiger partial charge is 0.0147 e. The molecule has 0 radical (unpaired) electrons. The molecule has 0 heterocycles. The molecule has 0 aromatic rings. The Hall–Kier alpha value is -0.260. The highest BCUT2D eigenvalue weighted by Gasteiger charge is 2.29. The van der Waals surface area contributed by atoms with E-state index in [1.54, 1.807) is 0 Å². The Balaban J connectivity index is 2.54. The van der Waals surface area contributed by atoms with Crippen LogP contribution in [0.3, 0.4) is 0 Å². The highest BCUT2D eigenvalue weighted by molar-refractivity contribution is 4.96. The first kappa shape index (κ1) is 6.85. The van der Waals surface area contributed by atoms with Crippen LogP contribution >= 0.6 is 0 Å². The first-order valence-electron chi connectivity index (χ1n) is 3.80. The zero-order valence-corrected chi connectivity index (χ0v) is 6.48. The van der Waals surface area contributed by atoms with Crippen molar-refractivity contribution in [2.45, 2.75) is 33.1 Å². The van der Waals surface area contributed by atoms with E-state index in [1.807, 2.05) is 0 Å². The summed E-state index contributed by atoms with van der Waals surface area (Å²) >= 11 is 0. The fourth-order valence-corrected chi connectivity index (χ4v) is 1.76. The first-order valence-corrected chi connectivity index (χ1v) is 3.80. The molecule has 2 atom stereocenters. The maximum absolute atomic E-state index is 3.85. The topological polar surface area (TPSA) is 0 Å². The summed E-state index contributed by atoms with van der Waals surface area (Å²) in [6.45, 7) is 8.49. The fraction of sp³-hybridized carbons (Fsp3) is 0.778. The van der Waals surface area contributed by atoms with Crippen LogP contribution in [-0.4, -0.2) is 0 Å². The maximum Gasteiger partial charge on any atom is -0.0147 e. The summed E-state index contributed by atoms with van der Waals surface area (Å²) in [5.41, 5.74) is 0.472. The van der Waals surface area contributed by atoms with Crippen molar-refractivity contribution in [2.75, 3.05) is 0 Å². The largest absolute Gasteiger partial charge is 0.103 e. The lowest BCUT2D eigenvalue weighted by molar-refractivity contribution is 0.426. The lowest BCUT2D eigenvalue weighted by atomic mass is 9.88. The molecule has 9 heavy (non-hydrogen) atoms. The molecule has 1 rings (SSSR count). The Morgan fingerprint density at radius 2 is 2.33 bits per heavy atom. The first-order chi connectivity index (χ1) is 4.16. The molecule has 1 aliphatic rings. The average Bonchev–Trinajstić information content (AvgIpc) is 2.13. The molecular formula is C9H16. The van der Waals surface area contributed by atoms with Gasteiger partial charge in [0.2, 0.25) is 0 Å². The number of hydrogen-bond donors (Lipinski definition) is 0. The molecule has 0 bridgehead atoms. The van der Waals surface area contributed by atoms with Crippen molar-refractivity contribution in [1.29, 1.82) is 0 Å². The Morgan fingerprint density at radius 3 is 2.56 bits per heavy atom. The van der Waals surface area contributed by atoms with Gasteiger partial charge in [0.05, 0.1) is 0 Å². The third-order valence-corrected chi connectivity index (χ3v) is 2.52. The summed E-state index contributed by atoms with van der Waals surface area (Å²) in [6, 6.07) is 0. The second kappa shape index (κ2) is 2.17. The molecule has 0 aromatic heterocycles. The Kier molecular flexibility index (Phi) is 1.65. The molecule has 0 heteroatoms. The van der Waals surface area contributed by atoms with Gasteiger partial charge in [-0.3, -0.25) is 0 Å². The number of rotatable bonds is 1. The zero-order valence-electron chi connectivity index (χ0n) is 6.48. The average molecular weight is 124 g/mol. The van der Waals surface area contributed by atoms with Gasteiger partial charge < -0.3 is 0 Å². The van der Waals surface area contributed by atoms with E-state index < -0.39 is 0 Å². The molecule has 0 N–H and O–H groups in total. The molecule has 2 unspecified atom stereocenters. The van der Waals surface area contributed by atoms with E-state index in [-0.39, 0.29) is 0 Å². The van der Waals surface area contributed by atoms with Gasteiger partial charge in [0, 0.05) is 0 Å². The minimum atomic E-state index is 0.472. The molecule has 1 saturated carbocycles. The maximum atomic E-state index is 3.85. The Morgan fingerprint density at radius 1 is 1.67 bits per heavy atom. The Bertz CT molecular complexity index is 115. The van der Waals surface area contributed by atoms with E-state index in [9.17, 15) is 0 Å². The quantitative estimate of drug-likeness (QED) is 0.471. The molecule has 0 saturated heterocycles. The molecule has 52 valence electrons. The van der Waals surface area contributed by atoms with Crippen molar-refractivity contribution < 1.29 is 0 Å². The monoisotopic (exact) mass is 124 g/mol. The van der Waals surface area contributed by atoms with Crippen molar-refractivity contribution in [3.05, 3.63) is 12.7 Å². The second-order valence-corrected chi connectivity index (χ2v) is 3.71. The van der Waals surface area contributed by atoms with Crippen LogP contribution in [0.5, 0.6) is 0 Å². The highest BCUT2D eigenvalue weighted by atomic mass is 14.3. The van der Waals surface area contributed by atoms with E-state index >= 15 is 0 Å². The van der Waals surface area contributed by atoms with Crippen LogP contribution in [0.25, 0.3) is 0 Å². The normalized spacial score (nSPS) is 43.1. The van der Waals surface area contributed by atoms with Crippen LogP contribution in [0, 0.1) is 11.3 Å². The van der Waals surface area contributed by atoms with E-state index in [2.05, 4.69) is 26.5 Å². The van der Waals surface area contributed by atoms with Gasteiger partial charge in [-0.2, -0.15) is 0 Å². The van der Waals surface area contributed by atoms with Crippen molar-refractivity contribution in [3.8, 4) is 0 Å². The summed E-state index contributed by atoms with van der Waals surface area (Å²) < 4.78 is 0. The zero-order chi connectivity index (χ0) is 6.91. The standard InChI is InChI=1S/C9H16/c1-4-9(3)6-5-8(2)7-9/h4,8H,1,5-7H2,2-3H3. The van der Waals surface area contributed by atoms with Crippen molar-refractivity contribution >= 4 is 0 Å². The van der Waals surface area contributed by atoms with Gasteiger partial charge >= 0.3 is 0 Å². The van der Waals surface area contributed by atoms with Crippen molar-refractivity contribution in [1.82, 2.24) is 0 Å². The van der Waals surface area contributed by atoms with Crippen molar-refractivity contribution in [3.63, 3.8) is 0 Å². The van der Waals surface area contributed by atoms with Crippen LogP contribution < -0.4 is 0 Å². The van der Waals surface area contributed by atoms with Crippen molar-refractivity contribution in [2.24, 2.45) is 11.3 Å². The lowest BCUT2D eigenvalue weighted by Crippen LogP contribution is -2.05. The van der Waals surface area contributed by atoms with E-state index in [1.165, 1.54) is 19.3 Å². The van der Waals surface area contributed by atoms with Crippen LogP contribution in [0.15, 0.2) is 12.7 Å². The Labute approximate surface area is 58.0 Å². The summed E-state index contributed by atoms with van der Waals surface area (Å²) in [6.07, 6.45) is 6.20. The van der Waals surface area contributed by atoms with Gasteiger partial charge in [0.1, 0.15) is 0 Å². The molecule has 0 aromatic carbocycles. The lowest BCUT2D eigenvalue weighted by Gasteiger charge is -2.17. The van der Waals surface area contributed by atoms with Gasteiger partial charge in [-0.15, -0.1) is 6.58 Å². The van der Waals surface area contributed by atoms with E-state index in [0.29, 0.717) is 5.41 Å². The molecule has 0 nitrogen and oxygen atoms in total.